The Morgan fingerprint density at radius 1 is 0.754 bits per heavy atom. The average molecular weight is 902 g/mol. The maximum absolute atomic E-state index is 13.5. The van der Waals surface area contributed by atoms with Crippen LogP contribution in [0.1, 0.15) is 69.4 Å². The first-order chi connectivity index (χ1) is 28.8. The van der Waals surface area contributed by atoms with E-state index in [1.165, 1.54) is 6.07 Å². The molecule has 344 valence electrons. The lowest BCUT2D eigenvalue weighted by molar-refractivity contribution is -0.293. The Labute approximate surface area is 348 Å². The van der Waals surface area contributed by atoms with Gasteiger partial charge in [-0.2, -0.15) is 26.3 Å². The topological polar surface area (TPSA) is 237 Å². The van der Waals surface area contributed by atoms with Crippen molar-refractivity contribution in [3.8, 4) is 0 Å². The lowest BCUT2D eigenvalue weighted by atomic mass is 9.94. The molecule has 9 atom stereocenters. The number of unbranched alkanes of at least 4 members (excludes halogenated alkanes) is 7. The fourth-order valence-corrected chi connectivity index (χ4v) is 8.30. The molecule has 4 amide bonds. The first-order valence-corrected chi connectivity index (χ1v) is 21.4. The molecule has 2 saturated heterocycles. The highest BCUT2D eigenvalue weighted by Gasteiger charge is 2.51. The van der Waals surface area contributed by atoms with Crippen LogP contribution in [-0.2, 0) is 36.6 Å². The van der Waals surface area contributed by atoms with Gasteiger partial charge in [-0.25, -0.2) is 22.7 Å². The zero-order valence-corrected chi connectivity index (χ0v) is 33.9. The van der Waals surface area contributed by atoms with Crippen LogP contribution in [0.4, 0.5) is 47.3 Å². The fourth-order valence-electron chi connectivity index (χ4n) is 6.90. The second-order valence-electron chi connectivity index (χ2n) is 14.8. The zero-order valence-electron chi connectivity index (χ0n) is 33.1. The number of carbonyl (C=O) groups excluding carboxylic acids is 2. The summed E-state index contributed by atoms with van der Waals surface area (Å²) in [5.74, 6) is -0.380. The van der Waals surface area contributed by atoms with Crippen molar-refractivity contribution in [3.05, 3.63) is 59.7 Å². The van der Waals surface area contributed by atoms with Gasteiger partial charge in [0.05, 0.1) is 54.9 Å². The number of nitrogens with one attached hydrogen (secondary N) is 5. The molecule has 2 aliphatic rings. The second-order valence-corrected chi connectivity index (χ2v) is 16.7. The van der Waals surface area contributed by atoms with Crippen LogP contribution in [0, 0.1) is 0 Å². The number of ether oxygens (including phenoxy) is 3. The standard InChI is InChI=1S/C38H53F6N5O11S/c1-2-3-4-5-6-7-8-9-16-61(56,57)49-29-27(19-50)58-21-26(47-35(54)45-24-14-10-12-22(17-24)37(39,40)41)33(29)60-34-30(32(53)31(52)28(20-51)59-34)48-36(55)46-25-15-11-13-23(18-25)38(42,43)44/h10-15,17-18,26-34,49-53H,2-9,16,19-21H2,1H3,(H2,45,47,54)(H2,46,48,55)/t26?,27?,28?,29-,30?,31+,32?,33?,34-/m0/s1. The molecule has 61 heavy (non-hydrogen) atoms. The molecule has 16 nitrogen and oxygen atoms in total. The van der Waals surface area contributed by atoms with Crippen molar-refractivity contribution in [3.63, 3.8) is 0 Å². The second kappa shape index (κ2) is 22.5. The van der Waals surface area contributed by atoms with Gasteiger partial charge in [0.25, 0.3) is 0 Å². The Kier molecular flexibility index (Phi) is 18.4. The summed E-state index contributed by atoms with van der Waals surface area (Å²) >= 11 is 0. The molecule has 9 N–H and O–H groups in total. The highest BCUT2D eigenvalue weighted by molar-refractivity contribution is 7.89. The lowest BCUT2D eigenvalue weighted by Gasteiger charge is -2.47. The van der Waals surface area contributed by atoms with Crippen LogP contribution in [-0.4, -0.2) is 121 Å². The lowest BCUT2D eigenvalue weighted by Crippen LogP contribution is -2.70. The third kappa shape index (κ3) is 14.9. The molecule has 2 aromatic carbocycles. The van der Waals surface area contributed by atoms with Crippen molar-refractivity contribution in [1.82, 2.24) is 15.4 Å². The first-order valence-electron chi connectivity index (χ1n) is 19.8. The summed E-state index contributed by atoms with van der Waals surface area (Å²) in [6, 6.07) is 0.0365. The minimum absolute atomic E-state index is 0.244. The number of carbonyl (C=O) groups is 2. The molecule has 0 bridgehead atoms. The van der Waals surface area contributed by atoms with Gasteiger partial charge in [0.15, 0.2) is 6.29 Å². The largest absolute Gasteiger partial charge is 0.416 e. The number of aliphatic hydroxyl groups is 4. The van der Waals surface area contributed by atoms with E-state index in [1.807, 2.05) is 0 Å². The Morgan fingerprint density at radius 2 is 1.28 bits per heavy atom. The van der Waals surface area contributed by atoms with Gasteiger partial charge in [-0.15, -0.1) is 0 Å². The molecule has 0 aromatic heterocycles. The highest BCUT2D eigenvalue weighted by atomic mass is 32.2. The molecule has 0 saturated carbocycles. The van der Waals surface area contributed by atoms with E-state index in [0.29, 0.717) is 18.6 Å². The number of sulfonamides is 1. The van der Waals surface area contributed by atoms with Crippen molar-refractivity contribution in [2.45, 2.75) is 126 Å². The Balaban J connectivity index is 1.62. The highest BCUT2D eigenvalue weighted by Crippen LogP contribution is 2.33. The van der Waals surface area contributed by atoms with Crippen molar-refractivity contribution in [1.29, 1.82) is 0 Å². The number of anilines is 2. The summed E-state index contributed by atoms with van der Waals surface area (Å²) < 4.78 is 127. The number of urea groups is 2. The van der Waals surface area contributed by atoms with Gasteiger partial charge in [-0.3, -0.25) is 0 Å². The normalized spacial score (nSPS) is 26.0. The number of benzene rings is 2. The van der Waals surface area contributed by atoms with E-state index >= 15 is 0 Å². The smallest absolute Gasteiger partial charge is 0.394 e. The van der Waals surface area contributed by atoms with Crippen LogP contribution < -0.4 is 26.0 Å². The van der Waals surface area contributed by atoms with Crippen LogP contribution in [0.5, 0.6) is 0 Å². The number of aliphatic hydroxyl groups excluding tert-OH is 4. The third-order valence-corrected chi connectivity index (χ3v) is 11.5. The molecule has 23 heteroatoms. The molecular weight excluding hydrogens is 848 g/mol. The first kappa shape index (κ1) is 49.8. The minimum Gasteiger partial charge on any atom is -0.394 e. The van der Waals surface area contributed by atoms with Gasteiger partial charge >= 0.3 is 24.4 Å². The SMILES string of the molecule is CCCCCCCCCCS(=O)(=O)N[C@H]1C(CO)OCC(NC(=O)Nc2cccc(C(F)(F)F)c2)C1O[C@@H]1OC(CO)[C@@H](O)C(O)C1NC(=O)Nc1cccc(C(F)(F)F)c1. The van der Waals surface area contributed by atoms with E-state index in [9.17, 15) is 64.8 Å². The summed E-state index contributed by atoms with van der Waals surface area (Å²) in [6.45, 7) is -0.174. The van der Waals surface area contributed by atoms with Gasteiger partial charge in [-0.05, 0) is 42.8 Å². The van der Waals surface area contributed by atoms with E-state index in [0.717, 1.165) is 68.9 Å². The molecule has 0 aliphatic carbocycles. The predicted molar refractivity (Wildman–Crippen MR) is 208 cm³/mol. The summed E-state index contributed by atoms with van der Waals surface area (Å²) in [7, 11) is -4.22. The summed E-state index contributed by atoms with van der Waals surface area (Å²) in [5.41, 5.74) is -2.79. The van der Waals surface area contributed by atoms with E-state index in [-0.39, 0.29) is 23.5 Å². The van der Waals surface area contributed by atoms with E-state index in [4.69, 9.17) is 14.2 Å². The Bertz CT molecular complexity index is 1830. The van der Waals surface area contributed by atoms with Crippen molar-refractivity contribution < 1.29 is 79.0 Å². The Hall–Kier alpha value is -3.81. The summed E-state index contributed by atoms with van der Waals surface area (Å²) in [4.78, 5) is 26.5. The van der Waals surface area contributed by atoms with Crippen molar-refractivity contribution in [2.24, 2.45) is 0 Å². The van der Waals surface area contributed by atoms with Crippen molar-refractivity contribution in [2.75, 3.05) is 36.2 Å². The number of hydrogen-bond donors (Lipinski definition) is 9. The van der Waals surface area contributed by atoms with Crippen LogP contribution in [0.15, 0.2) is 48.5 Å². The summed E-state index contributed by atoms with van der Waals surface area (Å²) in [6.07, 6.45) is -13.2. The molecule has 2 aromatic rings. The molecule has 0 radical (unpaired) electrons. The fraction of sp³-hybridized carbons (Fsp3) is 0.632. The number of halogens is 6. The van der Waals surface area contributed by atoms with Gasteiger partial charge in [0, 0.05) is 11.4 Å². The molecular formula is C38H53F6N5O11S. The van der Waals surface area contributed by atoms with E-state index < -0.39 is 120 Å². The quantitative estimate of drug-likeness (QED) is 0.0721. The van der Waals surface area contributed by atoms with Crippen LogP contribution >= 0.6 is 0 Å². The molecule has 0 spiro atoms. The Morgan fingerprint density at radius 3 is 1.80 bits per heavy atom. The van der Waals surface area contributed by atoms with Gasteiger partial charge < -0.3 is 55.9 Å². The number of amides is 4. The zero-order chi connectivity index (χ0) is 45.0. The maximum atomic E-state index is 13.5. The molecule has 4 rings (SSSR count). The van der Waals surface area contributed by atoms with Gasteiger partial charge in [-0.1, -0.05) is 64.0 Å². The van der Waals surface area contributed by atoms with E-state index in [1.54, 1.807) is 0 Å². The molecule has 2 heterocycles. The van der Waals surface area contributed by atoms with Crippen LogP contribution in [0.3, 0.4) is 0 Å². The van der Waals surface area contributed by atoms with Gasteiger partial charge in [0.2, 0.25) is 10.0 Å². The number of rotatable bonds is 19. The van der Waals surface area contributed by atoms with Crippen molar-refractivity contribution >= 4 is 33.5 Å². The summed E-state index contributed by atoms with van der Waals surface area (Å²) in [5, 5.41) is 51.3. The predicted octanol–water partition coefficient (Wildman–Crippen LogP) is 4.05. The van der Waals surface area contributed by atoms with Crippen LogP contribution in [0.25, 0.3) is 0 Å². The van der Waals surface area contributed by atoms with E-state index in [2.05, 4.69) is 32.9 Å². The average Bonchev–Trinajstić information content (AvgIpc) is 3.19. The molecule has 2 aliphatic heterocycles. The van der Waals surface area contributed by atoms with Gasteiger partial charge in [0.1, 0.15) is 30.5 Å². The monoisotopic (exact) mass is 901 g/mol. The third-order valence-electron chi connectivity index (χ3n) is 10.1. The number of alkyl halides is 6. The van der Waals surface area contributed by atoms with Crippen LogP contribution in [0.2, 0.25) is 0 Å². The maximum Gasteiger partial charge on any atom is 0.416 e. The minimum atomic E-state index is -4.76. The number of hydrogen-bond acceptors (Lipinski definition) is 11. The molecule has 6 unspecified atom stereocenters. The molecule has 2 fully saturated rings.